The molecule has 0 radical (unpaired) electrons. The highest BCUT2D eigenvalue weighted by Gasteiger charge is 2.24. The van der Waals surface area contributed by atoms with Crippen LogP contribution in [-0.2, 0) is 11.2 Å². The van der Waals surface area contributed by atoms with Crippen molar-refractivity contribution >= 4 is 5.91 Å². The Morgan fingerprint density at radius 2 is 2.22 bits per heavy atom. The smallest absolute Gasteiger partial charge is 0.236 e. The number of nitrogens with one attached hydrogen (secondary N) is 1. The average Bonchev–Trinajstić information content (AvgIpc) is 3.05. The number of likely N-dealkylation sites (tertiary alicyclic amines) is 1. The molecule has 0 saturated carbocycles. The Labute approximate surface area is 107 Å². The predicted octanol–water partition coefficient (Wildman–Crippen LogP) is 1.87. The molecule has 18 heavy (non-hydrogen) atoms. The number of amides is 1. The van der Waals surface area contributed by atoms with E-state index in [1.807, 2.05) is 11.0 Å². The van der Waals surface area contributed by atoms with Crippen molar-refractivity contribution in [2.24, 2.45) is 0 Å². The van der Waals surface area contributed by atoms with Crippen LogP contribution in [0.1, 0.15) is 43.0 Å². The molecule has 2 aliphatic rings. The number of fused-ring (bicyclic) bond motifs is 1. The Hall–Kier alpha value is -1.29. The third-order valence-electron chi connectivity index (χ3n) is 4.01. The zero-order chi connectivity index (χ0) is 12.4. The maximum Gasteiger partial charge on any atom is 0.236 e. The Bertz CT molecular complexity index is 421. The summed E-state index contributed by atoms with van der Waals surface area (Å²) in [6, 6.07) is 2.33. The topological polar surface area (TPSA) is 45.5 Å². The van der Waals surface area contributed by atoms with Gasteiger partial charge in [0.2, 0.25) is 5.91 Å². The lowest BCUT2D eigenvalue weighted by molar-refractivity contribution is -0.129. The van der Waals surface area contributed by atoms with Crippen LogP contribution in [0.15, 0.2) is 16.7 Å². The largest absolute Gasteiger partial charge is 0.469 e. The van der Waals surface area contributed by atoms with Crippen molar-refractivity contribution in [2.75, 3.05) is 19.6 Å². The summed E-state index contributed by atoms with van der Waals surface area (Å²) >= 11 is 0. The Morgan fingerprint density at radius 3 is 3.06 bits per heavy atom. The molecule has 1 N–H and O–H groups in total. The van der Waals surface area contributed by atoms with Crippen LogP contribution < -0.4 is 5.32 Å². The first-order chi connectivity index (χ1) is 8.84. The summed E-state index contributed by atoms with van der Waals surface area (Å²) in [7, 11) is 0. The van der Waals surface area contributed by atoms with Crippen LogP contribution in [0.2, 0.25) is 0 Å². The molecule has 0 bridgehead atoms. The highest BCUT2D eigenvalue weighted by atomic mass is 16.3. The van der Waals surface area contributed by atoms with Gasteiger partial charge in [0.1, 0.15) is 5.76 Å². The molecule has 1 atom stereocenters. The van der Waals surface area contributed by atoms with Crippen molar-refractivity contribution in [3.63, 3.8) is 0 Å². The first-order valence-corrected chi connectivity index (χ1v) is 6.92. The standard InChI is InChI=1S/C14H20N2O2/c17-14(16-7-1-2-8-16)10-15-12-4-3-5-13-11(12)6-9-18-13/h6,9,12,15H,1-5,7-8,10H2. The van der Waals surface area contributed by atoms with Gasteiger partial charge in [-0.25, -0.2) is 0 Å². The van der Waals surface area contributed by atoms with Crippen LogP contribution in [0.25, 0.3) is 0 Å². The number of rotatable bonds is 3. The van der Waals surface area contributed by atoms with Crippen molar-refractivity contribution in [1.82, 2.24) is 10.2 Å². The van der Waals surface area contributed by atoms with Crippen LogP contribution in [0.4, 0.5) is 0 Å². The van der Waals surface area contributed by atoms with Gasteiger partial charge in [0.15, 0.2) is 0 Å². The predicted molar refractivity (Wildman–Crippen MR) is 68.2 cm³/mol. The Kier molecular flexibility index (Phi) is 3.37. The quantitative estimate of drug-likeness (QED) is 0.888. The van der Waals surface area contributed by atoms with Gasteiger partial charge in [-0.05, 0) is 31.7 Å². The van der Waals surface area contributed by atoms with Gasteiger partial charge in [0.25, 0.3) is 0 Å². The first kappa shape index (κ1) is 11.8. The first-order valence-electron chi connectivity index (χ1n) is 6.92. The molecular weight excluding hydrogens is 228 g/mol. The zero-order valence-corrected chi connectivity index (χ0v) is 10.7. The van der Waals surface area contributed by atoms with Crippen molar-refractivity contribution in [1.29, 1.82) is 0 Å². The Morgan fingerprint density at radius 1 is 1.39 bits per heavy atom. The molecular formula is C14H20N2O2. The average molecular weight is 248 g/mol. The van der Waals surface area contributed by atoms with E-state index < -0.39 is 0 Å². The van der Waals surface area contributed by atoms with E-state index in [1.165, 1.54) is 5.56 Å². The summed E-state index contributed by atoms with van der Waals surface area (Å²) in [5.41, 5.74) is 1.25. The number of furan rings is 1. The van der Waals surface area contributed by atoms with Crippen LogP contribution >= 0.6 is 0 Å². The normalized spacial score (nSPS) is 23.1. The van der Waals surface area contributed by atoms with Crippen LogP contribution in [0.3, 0.4) is 0 Å². The van der Waals surface area contributed by atoms with Crippen molar-refractivity contribution in [3.05, 3.63) is 23.7 Å². The fourth-order valence-corrected chi connectivity index (χ4v) is 2.99. The molecule has 4 nitrogen and oxygen atoms in total. The van der Waals surface area contributed by atoms with E-state index in [9.17, 15) is 4.79 Å². The molecule has 1 fully saturated rings. The molecule has 98 valence electrons. The summed E-state index contributed by atoms with van der Waals surface area (Å²) in [5.74, 6) is 1.33. The minimum Gasteiger partial charge on any atom is -0.469 e. The van der Waals surface area contributed by atoms with E-state index >= 15 is 0 Å². The van der Waals surface area contributed by atoms with Crippen molar-refractivity contribution in [2.45, 2.75) is 38.1 Å². The molecule has 1 aliphatic heterocycles. The second-order valence-corrected chi connectivity index (χ2v) is 5.21. The molecule has 1 saturated heterocycles. The molecule has 1 amide bonds. The molecule has 4 heteroatoms. The SMILES string of the molecule is O=C(CNC1CCCc2occc21)N1CCCC1. The third-order valence-corrected chi connectivity index (χ3v) is 4.01. The second kappa shape index (κ2) is 5.14. The molecule has 0 aromatic carbocycles. The maximum absolute atomic E-state index is 12.0. The number of carbonyl (C=O) groups is 1. The fraction of sp³-hybridized carbons (Fsp3) is 0.643. The second-order valence-electron chi connectivity index (χ2n) is 5.21. The van der Waals surface area contributed by atoms with Gasteiger partial charge in [0.05, 0.1) is 12.8 Å². The summed E-state index contributed by atoms with van der Waals surface area (Å²) < 4.78 is 5.46. The van der Waals surface area contributed by atoms with Crippen molar-refractivity contribution in [3.8, 4) is 0 Å². The van der Waals surface area contributed by atoms with E-state index in [-0.39, 0.29) is 5.91 Å². The molecule has 0 spiro atoms. The van der Waals surface area contributed by atoms with Gasteiger partial charge in [-0.3, -0.25) is 4.79 Å². The van der Waals surface area contributed by atoms with Gasteiger partial charge >= 0.3 is 0 Å². The minimum absolute atomic E-state index is 0.239. The summed E-state index contributed by atoms with van der Waals surface area (Å²) in [5, 5.41) is 3.39. The van der Waals surface area contributed by atoms with Gasteiger partial charge in [0, 0.05) is 31.1 Å². The molecule has 2 heterocycles. The van der Waals surface area contributed by atoms with Crippen LogP contribution in [0.5, 0.6) is 0 Å². The van der Waals surface area contributed by atoms with Crippen LogP contribution in [-0.4, -0.2) is 30.4 Å². The third kappa shape index (κ3) is 2.29. The highest BCUT2D eigenvalue weighted by Crippen LogP contribution is 2.30. The molecule has 3 rings (SSSR count). The number of carbonyl (C=O) groups excluding carboxylic acids is 1. The number of aryl methyl sites for hydroxylation is 1. The zero-order valence-electron chi connectivity index (χ0n) is 10.7. The van der Waals surface area contributed by atoms with Gasteiger partial charge < -0.3 is 14.6 Å². The number of hydrogen-bond acceptors (Lipinski definition) is 3. The Balaban J connectivity index is 1.56. The van der Waals surface area contributed by atoms with Gasteiger partial charge in [-0.2, -0.15) is 0 Å². The lowest BCUT2D eigenvalue weighted by Crippen LogP contribution is -2.38. The van der Waals surface area contributed by atoms with Gasteiger partial charge in [-0.1, -0.05) is 0 Å². The highest BCUT2D eigenvalue weighted by molar-refractivity contribution is 5.78. The number of hydrogen-bond donors (Lipinski definition) is 1. The van der Waals surface area contributed by atoms with E-state index in [0.29, 0.717) is 12.6 Å². The molecule has 1 aromatic rings. The van der Waals surface area contributed by atoms with E-state index in [0.717, 1.165) is 51.0 Å². The molecule has 1 aromatic heterocycles. The minimum atomic E-state index is 0.239. The molecule has 1 aliphatic carbocycles. The van der Waals surface area contributed by atoms with E-state index in [4.69, 9.17) is 4.42 Å². The van der Waals surface area contributed by atoms with E-state index in [1.54, 1.807) is 6.26 Å². The number of nitrogens with zero attached hydrogens (tertiary/aromatic N) is 1. The van der Waals surface area contributed by atoms with Crippen molar-refractivity contribution < 1.29 is 9.21 Å². The summed E-state index contributed by atoms with van der Waals surface area (Å²) in [6.45, 7) is 2.32. The monoisotopic (exact) mass is 248 g/mol. The summed E-state index contributed by atoms with van der Waals surface area (Å²) in [4.78, 5) is 13.9. The lowest BCUT2D eigenvalue weighted by Gasteiger charge is -2.24. The maximum atomic E-state index is 12.0. The van der Waals surface area contributed by atoms with Crippen LogP contribution in [0, 0.1) is 0 Å². The molecule has 1 unspecified atom stereocenters. The fourth-order valence-electron chi connectivity index (χ4n) is 2.99. The van der Waals surface area contributed by atoms with Gasteiger partial charge in [-0.15, -0.1) is 0 Å². The lowest BCUT2D eigenvalue weighted by atomic mass is 9.93. The summed E-state index contributed by atoms with van der Waals surface area (Å²) in [6.07, 6.45) is 7.32. The van der Waals surface area contributed by atoms with E-state index in [2.05, 4.69) is 5.32 Å².